The first-order valence-electron chi connectivity index (χ1n) is 7.72. The van der Waals surface area contributed by atoms with Gasteiger partial charge in [0, 0.05) is 10.9 Å². The first-order valence-corrected chi connectivity index (χ1v) is 8.60. The van der Waals surface area contributed by atoms with Crippen LogP contribution in [0.4, 0.5) is 5.82 Å². The Hall–Kier alpha value is -2.93. The minimum absolute atomic E-state index is 0.264. The monoisotopic (exact) mass is 353 g/mol. The van der Waals surface area contributed by atoms with Crippen LogP contribution in [0.5, 0.6) is 0 Å². The van der Waals surface area contributed by atoms with Gasteiger partial charge in [0.2, 0.25) is 5.82 Å². The van der Waals surface area contributed by atoms with Crippen molar-refractivity contribution in [2.45, 2.75) is 20.8 Å². The molecular formula is C18H15N3O3S. The molecule has 3 heterocycles. The van der Waals surface area contributed by atoms with E-state index >= 15 is 0 Å². The highest BCUT2D eigenvalue weighted by atomic mass is 32.1. The number of rotatable bonds is 3. The quantitative estimate of drug-likeness (QED) is 0.576. The maximum absolute atomic E-state index is 12.7. The lowest BCUT2D eigenvalue weighted by atomic mass is 10.1. The summed E-state index contributed by atoms with van der Waals surface area (Å²) in [5.74, 6) is 0.164. The topological polar surface area (TPSA) is 81.2 Å². The Balaban J connectivity index is 1.70. The normalized spacial score (nSPS) is 11.2. The van der Waals surface area contributed by atoms with Crippen LogP contribution in [-0.4, -0.2) is 16.2 Å². The summed E-state index contributed by atoms with van der Waals surface area (Å²) >= 11 is 1.49. The van der Waals surface area contributed by atoms with Gasteiger partial charge < -0.3 is 4.42 Å². The molecule has 0 saturated heterocycles. The standard InChI is InChI=1S/C18H15N3O3S/c1-9-7-12-11(3)16(23-13(12)8-10(9)2)18(22)19-17-15(20-24-21-17)14-5-4-6-25-14/h4-8H,1-3H3,(H,19,21,22). The second kappa shape index (κ2) is 5.86. The van der Waals surface area contributed by atoms with Crippen molar-refractivity contribution < 1.29 is 13.8 Å². The number of benzene rings is 1. The van der Waals surface area contributed by atoms with E-state index in [0.717, 1.165) is 27.0 Å². The molecule has 4 rings (SSSR count). The molecule has 126 valence electrons. The molecule has 0 saturated carbocycles. The van der Waals surface area contributed by atoms with Gasteiger partial charge in [-0.1, -0.05) is 6.07 Å². The SMILES string of the molecule is Cc1cc2oc(C(=O)Nc3nonc3-c3cccs3)c(C)c2cc1C. The van der Waals surface area contributed by atoms with Crippen molar-refractivity contribution in [1.29, 1.82) is 0 Å². The molecule has 7 heteroatoms. The first-order chi connectivity index (χ1) is 12.0. The number of nitrogens with zero attached hydrogens (tertiary/aromatic N) is 2. The van der Waals surface area contributed by atoms with E-state index in [1.165, 1.54) is 11.3 Å². The van der Waals surface area contributed by atoms with Crippen LogP contribution in [0.25, 0.3) is 21.5 Å². The van der Waals surface area contributed by atoms with Crippen molar-refractivity contribution in [3.05, 3.63) is 52.1 Å². The number of anilines is 1. The Morgan fingerprint density at radius 2 is 1.96 bits per heavy atom. The van der Waals surface area contributed by atoms with Gasteiger partial charge in [-0.05, 0) is 65.8 Å². The molecule has 0 fully saturated rings. The molecule has 1 aromatic carbocycles. The minimum atomic E-state index is -0.377. The largest absolute Gasteiger partial charge is 0.451 e. The zero-order valence-corrected chi connectivity index (χ0v) is 14.7. The molecule has 6 nitrogen and oxygen atoms in total. The van der Waals surface area contributed by atoms with E-state index in [2.05, 4.69) is 15.6 Å². The van der Waals surface area contributed by atoms with Crippen molar-refractivity contribution in [2.75, 3.05) is 5.32 Å². The van der Waals surface area contributed by atoms with Crippen LogP contribution in [0.15, 0.2) is 38.7 Å². The maximum Gasteiger partial charge on any atom is 0.292 e. The zero-order valence-electron chi connectivity index (χ0n) is 13.9. The number of carbonyl (C=O) groups is 1. The van der Waals surface area contributed by atoms with Crippen molar-refractivity contribution in [1.82, 2.24) is 10.3 Å². The molecule has 1 amide bonds. The Morgan fingerprint density at radius 1 is 1.16 bits per heavy atom. The van der Waals surface area contributed by atoms with Crippen LogP contribution >= 0.6 is 11.3 Å². The zero-order chi connectivity index (χ0) is 17.6. The van der Waals surface area contributed by atoms with Crippen LogP contribution in [0.3, 0.4) is 0 Å². The van der Waals surface area contributed by atoms with Gasteiger partial charge in [-0.25, -0.2) is 4.63 Å². The maximum atomic E-state index is 12.7. The number of aryl methyl sites for hydroxylation is 3. The fraction of sp³-hybridized carbons (Fsp3) is 0.167. The van der Waals surface area contributed by atoms with Crippen LogP contribution in [0.2, 0.25) is 0 Å². The summed E-state index contributed by atoms with van der Waals surface area (Å²) in [6.07, 6.45) is 0. The van der Waals surface area contributed by atoms with E-state index < -0.39 is 0 Å². The van der Waals surface area contributed by atoms with Gasteiger partial charge in [0.05, 0.1) is 4.88 Å². The van der Waals surface area contributed by atoms with Gasteiger partial charge in [0.1, 0.15) is 5.58 Å². The number of amides is 1. The van der Waals surface area contributed by atoms with Crippen LogP contribution in [0, 0.1) is 20.8 Å². The van der Waals surface area contributed by atoms with E-state index in [9.17, 15) is 4.79 Å². The van der Waals surface area contributed by atoms with Gasteiger partial charge in [0.25, 0.3) is 5.91 Å². The minimum Gasteiger partial charge on any atom is -0.451 e. The third-order valence-corrected chi connectivity index (χ3v) is 5.11. The van der Waals surface area contributed by atoms with Gasteiger partial charge in [-0.15, -0.1) is 11.3 Å². The van der Waals surface area contributed by atoms with E-state index in [1.807, 2.05) is 50.4 Å². The Labute approximate surface area is 147 Å². The van der Waals surface area contributed by atoms with Gasteiger partial charge in [-0.2, -0.15) is 0 Å². The Bertz CT molecular complexity index is 1080. The van der Waals surface area contributed by atoms with Gasteiger partial charge in [-0.3, -0.25) is 10.1 Å². The third-order valence-electron chi connectivity index (χ3n) is 4.23. The summed E-state index contributed by atoms with van der Waals surface area (Å²) in [5, 5.41) is 13.3. The van der Waals surface area contributed by atoms with Gasteiger partial charge in [0.15, 0.2) is 11.5 Å². The van der Waals surface area contributed by atoms with E-state index in [1.54, 1.807) is 0 Å². The molecule has 0 radical (unpaired) electrons. The number of furan rings is 1. The molecule has 1 N–H and O–H groups in total. The average Bonchev–Trinajstić information content (AvgIpc) is 3.30. The van der Waals surface area contributed by atoms with Crippen molar-refractivity contribution in [3.8, 4) is 10.6 Å². The smallest absolute Gasteiger partial charge is 0.292 e. The second-order valence-corrected chi connectivity index (χ2v) is 6.83. The van der Waals surface area contributed by atoms with Crippen molar-refractivity contribution >= 4 is 34.0 Å². The molecule has 25 heavy (non-hydrogen) atoms. The Morgan fingerprint density at radius 3 is 2.72 bits per heavy atom. The number of carbonyl (C=O) groups excluding carboxylic acids is 1. The summed E-state index contributed by atoms with van der Waals surface area (Å²) in [7, 11) is 0. The van der Waals surface area contributed by atoms with Crippen LogP contribution in [-0.2, 0) is 0 Å². The summed E-state index contributed by atoms with van der Waals surface area (Å²) in [5.41, 5.74) is 4.27. The molecule has 0 spiro atoms. The fourth-order valence-corrected chi connectivity index (χ4v) is 3.41. The molecule has 0 aliphatic carbocycles. The highest BCUT2D eigenvalue weighted by Crippen LogP contribution is 2.31. The number of thiophene rings is 1. The lowest BCUT2D eigenvalue weighted by Gasteiger charge is -2.00. The number of fused-ring (bicyclic) bond motifs is 1. The van der Waals surface area contributed by atoms with E-state index in [-0.39, 0.29) is 17.5 Å². The van der Waals surface area contributed by atoms with E-state index in [4.69, 9.17) is 9.05 Å². The molecule has 0 bridgehead atoms. The van der Waals surface area contributed by atoms with Crippen LogP contribution < -0.4 is 5.32 Å². The molecule has 0 aliphatic rings. The number of aromatic nitrogens is 2. The highest BCUT2D eigenvalue weighted by Gasteiger charge is 2.22. The van der Waals surface area contributed by atoms with Gasteiger partial charge >= 0.3 is 0 Å². The predicted octanol–water partition coefficient (Wildman–Crippen LogP) is 4.72. The van der Waals surface area contributed by atoms with Crippen molar-refractivity contribution in [2.24, 2.45) is 0 Å². The first kappa shape index (κ1) is 15.6. The van der Waals surface area contributed by atoms with Crippen molar-refractivity contribution in [3.63, 3.8) is 0 Å². The molecule has 0 atom stereocenters. The lowest BCUT2D eigenvalue weighted by Crippen LogP contribution is -2.13. The molecule has 4 aromatic rings. The molecule has 0 unspecified atom stereocenters. The molecular weight excluding hydrogens is 338 g/mol. The highest BCUT2D eigenvalue weighted by molar-refractivity contribution is 7.13. The van der Waals surface area contributed by atoms with Crippen LogP contribution in [0.1, 0.15) is 27.2 Å². The number of hydrogen-bond acceptors (Lipinski definition) is 6. The summed E-state index contributed by atoms with van der Waals surface area (Å²) in [6.45, 7) is 5.92. The summed E-state index contributed by atoms with van der Waals surface area (Å²) in [6, 6.07) is 7.77. The number of nitrogens with one attached hydrogen (secondary N) is 1. The average molecular weight is 353 g/mol. The predicted molar refractivity (Wildman–Crippen MR) is 96.0 cm³/mol. The van der Waals surface area contributed by atoms with E-state index in [0.29, 0.717) is 11.3 Å². The Kier molecular flexibility index (Phi) is 3.65. The summed E-state index contributed by atoms with van der Waals surface area (Å²) in [4.78, 5) is 13.5. The molecule has 0 aliphatic heterocycles. The third kappa shape index (κ3) is 2.62. The number of hydrogen-bond donors (Lipinski definition) is 1. The lowest BCUT2D eigenvalue weighted by molar-refractivity contribution is 0.0997. The summed E-state index contributed by atoms with van der Waals surface area (Å²) < 4.78 is 10.6. The molecule has 3 aromatic heterocycles. The second-order valence-electron chi connectivity index (χ2n) is 5.88. The fourth-order valence-electron chi connectivity index (χ4n) is 2.70.